The van der Waals surface area contributed by atoms with E-state index in [0.29, 0.717) is 17.9 Å². The van der Waals surface area contributed by atoms with Crippen LogP contribution < -0.4 is 10.1 Å². The molecule has 0 spiro atoms. The molecule has 172 valence electrons. The number of carbonyl (C=O) groups is 1. The lowest BCUT2D eigenvalue weighted by Gasteiger charge is -2.18. The Hall–Kier alpha value is -3.52. The number of hydrogen-bond acceptors (Lipinski definition) is 5. The van der Waals surface area contributed by atoms with E-state index >= 15 is 0 Å². The van der Waals surface area contributed by atoms with Crippen LogP contribution in [-0.4, -0.2) is 32.5 Å². The molecule has 0 aliphatic carbocycles. The molecule has 0 aliphatic rings. The molecule has 0 aliphatic heterocycles. The van der Waals surface area contributed by atoms with Crippen LogP contribution in [0.1, 0.15) is 29.7 Å². The van der Waals surface area contributed by atoms with Crippen LogP contribution in [0.2, 0.25) is 0 Å². The number of sulfone groups is 1. The van der Waals surface area contributed by atoms with Gasteiger partial charge < -0.3 is 10.1 Å². The number of rotatable bonds is 10. The van der Waals surface area contributed by atoms with Crippen molar-refractivity contribution in [1.29, 1.82) is 0 Å². The second-order valence-electron chi connectivity index (χ2n) is 7.24. The summed E-state index contributed by atoms with van der Waals surface area (Å²) < 4.78 is 45.5. The molecular weight excluding hydrogens is 443 g/mol. The van der Waals surface area contributed by atoms with Gasteiger partial charge in [0.05, 0.1) is 11.5 Å². The first-order valence-corrected chi connectivity index (χ1v) is 12.0. The van der Waals surface area contributed by atoms with Crippen LogP contribution in [0.4, 0.5) is 4.39 Å². The van der Waals surface area contributed by atoms with Gasteiger partial charge in [-0.3, -0.25) is 9.78 Å². The topological polar surface area (TPSA) is 85.4 Å². The second-order valence-corrected chi connectivity index (χ2v) is 9.37. The molecule has 3 rings (SSSR count). The Morgan fingerprint density at radius 2 is 1.88 bits per heavy atom. The van der Waals surface area contributed by atoms with Crippen molar-refractivity contribution in [2.45, 2.75) is 23.5 Å². The standard InChI is InChI=1S/C25H25FN2O4S/c1-2-16-32-23-8-4-3-6-19(23)9-14-25(29)28-18-24(20-7-5-15-27-17-20)33(30,31)22-12-10-21(26)11-13-22/h3-15,17,24H,2,16,18H2,1H3,(H,28,29)/b14-9+. The zero-order chi connectivity index (χ0) is 23.7. The highest BCUT2D eigenvalue weighted by atomic mass is 32.2. The number of amides is 1. The highest BCUT2D eigenvalue weighted by Crippen LogP contribution is 2.28. The van der Waals surface area contributed by atoms with E-state index in [1.54, 1.807) is 18.2 Å². The number of carbonyl (C=O) groups excluding carboxylic acids is 1. The van der Waals surface area contributed by atoms with E-state index in [1.807, 2.05) is 31.2 Å². The van der Waals surface area contributed by atoms with Gasteiger partial charge in [-0.2, -0.15) is 0 Å². The molecule has 2 aromatic carbocycles. The molecular formula is C25H25FN2O4S. The fourth-order valence-electron chi connectivity index (χ4n) is 3.14. The molecule has 0 bridgehead atoms. The predicted molar refractivity (Wildman–Crippen MR) is 125 cm³/mol. The molecule has 0 radical (unpaired) electrons. The predicted octanol–water partition coefficient (Wildman–Crippen LogP) is 4.35. The molecule has 33 heavy (non-hydrogen) atoms. The van der Waals surface area contributed by atoms with Gasteiger partial charge in [-0.25, -0.2) is 12.8 Å². The summed E-state index contributed by atoms with van der Waals surface area (Å²) in [6.07, 6.45) is 6.78. The Kier molecular flexibility index (Phi) is 8.32. The summed E-state index contributed by atoms with van der Waals surface area (Å²) in [6, 6.07) is 15.2. The van der Waals surface area contributed by atoms with Crippen molar-refractivity contribution in [3.05, 3.63) is 96.1 Å². The first-order valence-electron chi connectivity index (χ1n) is 10.5. The molecule has 3 aromatic rings. The number of benzene rings is 2. The third kappa shape index (κ3) is 6.49. The highest BCUT2D eigenvalue weighted by Gasteiger charge is 2.29. The van der Waals surface area contributed by atoms with Crippen molar-refractivity contribution in [2.24, 2.45) is 0 Å². The van der Waals surface area contributed by atoms with Gasteiger partial charge in [0.2, 0.25) is 5.91 Å². The van der Waals surface area contributed by atoms with Crippen molar-refractivity contribution >= 4 is 21.8 Å². The van der Waals surface area contributed by atoms with Gasteiger partial charge in [0.15, 0.2) is 9.84 Å². The SMILES string of the molecule is CCCOc1ccccc1/C=C/C(=O)NCC(c1cccnc1)S(=O)(=O)c1ccc(F)cc1. The molecule has 1 amide bonds. The quantitative estimate of drug-likeness (QED) is 0.353. The number of ether oxygens (including phenoxy) is 1. The van der Waals surface area contributed by atoms with Gasteiger partial charge in [0.1, 0.15) is 16.8 Å². The smallest absolute Gasteiger partial charge is 0.244 e. The number of aromatic nitrogens is 1. The Morgan fingerprint density at radius 1 is 1.12 bits per heavy atom. The van der Waals surface area contributed by atoms with Crippen LogP contribution >= 0.6 is 0 Å². The summed E-state index contributed by atoms with van der Waals surface area (Å²) >= 11 is 0. The van der Waals surface area contributed by atoms with Gasteiger partial charge >= 0.3 is 0 Å². The number of nitrogens with zero attached hydrogens (tertiary/aromatic N) is 1. The van der Waals surface area contributed by atoms with E-state index in [2.05, 4.69) is 10.3 Å². The minimum Gasteiger partial charge on any atom is -0.493 e. The van der Waals surface area contributed by atoms with E-state index in [0.717, 1.165) is 24.1 Å². The average molecular weight is 469 g/mol. The Bertz CT molecular complexity index is 1200. The summed E-state index contributed by atoms with van der Waals surface area (Å²) in [5.41, 5.74) is 1.16. The lowest BCUT2D eigenvalue weighted by atomic mass is 10.2. The van der Waals surface area contributed by atoms with E-state index < -0.39 is 26.8 Å². The fraction of sp³-hybridized carbons (Fsp3) is 0.200. The van der Waals surface area contributed by atoms with Crippen molar-refractivity contribution < 1.29 is 22.3 Å². The van der Waals surface area contributed by atoms with Crippen LogP contribution in [0.25, 0.3) is 6.08 Å². The van der Waals surface area contributed by atoms with Crippen molar-refractivity contribution in [1.82, 2.24) is 10.3 Å². The van der Waals surface area contributed by atoms with Gasteiger partial charge in [-0.05, 0) is 54.5 Å². The minimum absolute atomic E-state index is 0.0375. The lowest BCUT2D eigenvalue weighted by molar-refractivity contribution is -0.116. The minimum atomic E-state index is -3.92. The molecule has 1 atom stereocenters. The molecule has 1 aromatic heterocycles. The van der Waals surface area contributed by atoms with Gasteiger partial charge in [-0.1, -0.05) is 31.2 Å². The summed E-state index contributed by atoms with van der Waals surface area (Å²) in [7, 11) is -3.92. The zero-order valence-corrected chi connectivity index (χ0v) is 19.0. The normalized spacial score (nSPS) is 12.4. The molecule has 1 heterocycles. The van der Waals surface area contributed by atoms with Crippen LogP contribution in [0.15, 0.2) is 84.0 Å². The molecule has 0 saturated heterocycles. The summed E-state index contributed by atoms with van der Waals surface area (Å²) in [4.78, 5) is 16.4. The van der Waals surface area contributed by atoms with Crippen molar-refractivity contribution in [3.8, 4) is 5.75 Å². The van der Waals surface area contributed by atoms with Crippen LogP contribution in [-0.2, 0) is 14.6 Å². The van der Waals surface area contributed by atoms with Gasteiger partial charge in [0.25, 0.3) is 0 Å². The first-order chi connectivity index (χ1) is 15.9. The summed E-state index contributed by atoms with van der Waals surface area (Å²) in [5.74, 6) is -0.326. The second kappa shape index (κ2) is 11.4. The van der Waals surface area contributed by atoms with Crippen LogP contribution in [0.3, 0.4) is 0 Å². The summed E-state index contributed by atoms with van der Waals surface area (Å²) in [6.45, 7) is 2.39. The number of halogens is 1. The Morgan fingerprint density at radius 3 is 2.58 bits per heavy atom. The molecule has 0 saturated carbocycles. The first kappa shape index (κ1) is 24.1. The third-order valence-corrected chi connectivity index (χ3v) is 6.95. The molecule has 1 N–H and O–H groups in total. The van der Waals surface area contributed by atoms with E-state index in [4.69, 9.17) is 4.74 Å². The maximum absolute atomic E-state index is 13.3. The van der Waals surface area contributed by atoms with Crippen LogP contribution in [0, 0.1) is 5.82 Å². The molecule has 6 nitrogen and oxygen atoms in total. The van der Waals surface area contributed by atoms with Gasteiger partial charge in [-0.15, -0.1) is 0 Å². The zero-order valence-electron chi connectivity index (χ0n) is 18.1. The summed E-state index contributed by atoms with van der Waals surface area (Å²) in [5, 5.41) is 1.57. The van der Waals surface area contributed by atoms with Crippen LogP contribution in [0.5, 0.6) is 5.75 Å². The maximum Gasteiger partial charge on any atom is 0.244 e. The largest absolute Gasteiger partial charge is 0.493 e. The molecule has 8 heteroatoms. The number of hydrogen-bond donors (Lipinski definition) is 1. The van der Waals surface area contributed by atoms with E-state index in [9.17, 15) is 17.6 Å². The third-order valence-electron chi connectivity index (χ3n) is 4.83. The fourth-order valence-corrected chi connectivity index (χ4v) is 4.79. The Balaban J connectivity index is 1.77. The maximum atomic E-state index is 13.3. The van der Waals surface area contributed by atoms with Gasteiger partial charge in [0, 0.05) is 30.6 Å². The number of nitrogens with one attached hydrogen (secondary N) is 1. The van der Waals surface area contributed by atoms with E-state index in [-0.39, 0.29) is 11.4 Å². The number of para-hydroxylation sites is 1. The monoisotopic (exact) mass is 468 g/mol. The lowest BCUT2D eigenvalue weighted by Crippen LogP contribution is -2.31. The highest BCUT2D eigenvalue weighted by molar-refractivity contribution is 7.91. The number of pyridine rings is 1. The molecule has 0 fully saturated rings. The average Bonchev–Trinajstić information content (AvgIpc) is 2.83. The van der Waals surface area contributed by atoms with Crippen molar-refractivity contribution in [2.75, 3.05) is 13.2 Å². The Labute approximate surface area is 193 Å². The van der Waals surface area contributed by atoms with E-state index in [1.165, 1.54) is 30.6 Å². The molecule has 1 unspecified atom stereocenters. The van der Waals surface area contributed by atoms with Crippen molar-refractivity contribution in [3.63, 3.8) is 0 Å².